The average Bonchev–Trinajstić information content (AvgIpc) is 2.69. The number of hydrogen-bond donors (Lipinski definition) is 1. The molecule has 0 radical (unpaired) electrons. The number of rotatable bonds is 20. The van der Waals surface area contributed by atoms with Gasteiger partial charge in [0, 0.05) is 13.2 Å². The van der Waals surface area contributed by atoms with Gasteiger partial charge in [0.15, 0.2) is 0 Å². The standard InChI is InChI=1S/C24H51NO3S/c1-6-16-23(7-2,8-3)17-11-13-20-28-21-14-12-18-24(9-4,10-5)19-15-22-29(25,26)27/h6-22H2,1-5H3,(H2,25,26,27). The predicted octanol–water partition coefficient (Wildman–Crippen LogP) is 6.83. The molecule has 176 valence electrons. The Kier molecular flexibility index (Phi) is 15.6. The molecule has 2 N–H and O–H groups in total. The lowest BCUT2D eigenvalue weighted by Gasteiger charge is -2.32. The number of hydrogen-bond acceptors (Lipinski definition) is 3. The van der Waals surface area contributed by atoms with Gasteiger partial charge >= 0.3 is 0 Å². The maximum Gasteiger partial charge on any atom is 0.209 e. The van der Waals surface area contributed by atoms with Crippen LogP contribution < -0.4 is 5.14 Å². The molecular formula is C24H51NO3S. The van der Waals surface area contributed by atoms with E-state index in [0.717, 1.165) is 51.7 Å². The van der Waals surface area contributed by atoms with Crippen LogP contribution in [0, 0.1) is 10.8 Å². The van der Waals surface area contributed by atoms with E-state index in [2.05, 4.69) is 34.6 Å². The number of unbranched alkanes of at least 4 members (excludes halogenated alkanes) is 2. The monoisotopic (exact) mass is 433 g/mol. The van der Waals surface area contributed by atoms with Crippen molar-refractivity contribution in [1.29, 1.82) is 0 Å². The minimum Gasteiger partial charge on any atom is -0.381 e. The van der Waals surface area contributed by atoms with E-state index in [-0.39, 0.29) is 11.2 Å². The van der Waals surface area contributed by atoms with Gasteiger partial charge in [-0.25, -0.2) is 13.6 Å². The Balaban J connectivity index is 3.97. The van der Waals surface area contributed by atoms with Gasteiger partial charge in [-0.1, -0.05) is 79.6 Å². The first-order chi connectivity index (χ1) is 13.7. The molecule has 0 aliphatic heterocycles. The van der Waals surface area contributed by atoms with Crippen molar-refractivity contribution in [3.8, 4) is 0 Å². The molecule has 0 fully saturated rings. The molecule has 0 aliphatic rings. The Bertz CT molecular complexity index is 482. The van der Waals surface area contributed by atoms with Gasteiger partial charge in [-0.3, -0.25) is 0 Å². The van der Waals surface area contributed by atoms with Gasteiger partial charge in [-0.05, 0) is 55.8 Å². The van der Waals surface area contributed by atoms with Crippen LogP contribution in [-0.4, -0.2) is 27.4 Å². The topological polar surface area (TPSA) is 69.4 Å². The molecule has 0 spiro atoms. The fourth-order valence-electron chi connectivity index (χ4n) is 4.85. The Morgan fingerprint density at radius 2 is 1.07 bits per heavy atom. The molecule has 0 heterocycles. The quantitative estimate of drug-likeness (QED) is 0.214. The summed E-state index contributed by atoms with van der Waals surface area (Å²) in [5, 5.41) is 5.15. The lowest BCUT2D eigenvalue weighted by Crippen LogP contribution is -2.22. The van der Waals surface area contributed by atoms with Gasteiger partial charge in [0.05, 0.1) is 5.75 Å². The van der Waals surface area contributed by atoms with Crippen molar-refractivity contribution in [2.24, 2.45) is 16.0 Å². The van der Waals surface area contributed by atoms with Crippen LogP contribution >= 0.6 is 0 Å². The van der Waals surface area contributed by atoms with Gasteiger partial charge in [0.2, 0.25) is 10.0 Å². The van der Waals surface area contributed by atoms with Crippen molar-refractivity contribution in [2.45, 2.75) is 125 Å². The van der Waals surface area contributed by atoms with Gasteiger partial charge in [0.25, 0.3) is 0 Å². The van der Waals surface area contributed by atoms with Crippen molar-refractivity contribution in [3.63, 3.8) is 0 Å². The second-order valence-electron chi connectivity index (χ2n) is 9.16. The second kappa shape index (κ2) is 15.6. The molecule has 0 aromatic rings. The van der Waals surface area contributed by atoms with Gasteiger partial charge in [-0.2, -0.15) is 0 Å². The van der Waals surface area contributed by atoms with Crippen LogP contribution in [0.4, 0.5) is 0 Å². The summed E-state index contributed by atoms with van der Waals surface area (Å²) in [6.07, 6.45) is 16.3. The first-order valence-corrected chi connectivity index (χ1v) is 14.0. The minimum atomic E-state index is -3.34. The Morgan fingerprint density at radius 1 is 0.655 bits per heavy atom. The van der Waals surface area contributed by atoms with Crippen molar-refractivity contribution in [3.05, 3.63) is 0 Å². The Hall–Kier alpha value is -0.130. The van der Waals surface area contributed by atoms with E-state index in [1.54, 1.807) is 0 Å². The highest BCUT2D eigenvalue weighted by molar-refractivity contribution is 7.89. The summed E-state index contributed by atoms with van der Waals surface area (Å²) in [6.45, 7) is 13.2. The van der Waals surface area contributed by atoms with Crippen LogP contribution in [-0.2, 0) is 14.8 Å². The fraction of sp³-hybridized carbons (Fsp3) is 1.00. The molecule has 0 aromatic heterocycles. The number of sulfonamides is 1. The molecule has 5 heteroatoms. The highest BCUT2D eigenvalue weighted by atomic mass is 32.2. The van der Waals surface area contributed by atoms with Crippen LogP contribution in [0.3, 0.4) is 0 Å². The van der Waals surface area contributed by atoms with Crippen molar-refractivity contribution < 1.29 is 13.2 Å². The van der Waals surface area contributed by atoms with Crippen molar-refractivity contribution in [2.75, 3.05) is 19.0 Å². The van der Waals surface area contributed by atoms with E-state index in [1.165, 1.54) is 44.9 Å². The molecule has 0 bridgehead atoms. The van der Waals surface area contributed by atoms with Gasteiger partial charge < -0.3 is 4.74 Å². The summed E-state index contributed by atoms with van der Waals surface area (Å²) in [5.41, 5.74) is 0.815. The zero-order valence-corrected chi connectivity index (χ0v) is 21.0. The van der Waals surface area contributed by atoms with Crippen LogP contribution in [0.2, 0.25) is 0 Å². The van der Waals surface area contributed by atoms with E-state index in [0.29, 0.717) is 11.8 Å². The molecule has 0 rings (SSSR count). The van der Waals surface area contributed by atoms with Crippen LogP contribution in [0.1, 0.15) is 125 Å². The van der Waals surface area contributed by atoms with E-state index in [4.69, 9.17) is 9.88 Å². The smallest absolute Gasteiger partial charge is 0.209 e. The molecule has 0 atom stereocenters. The summed E-state index contributed by atoms with van der Waals surface area (Å²) >= 11 is 0. The fourth-order valence-corrected chi connectivity index (χ4v) is 5.40. The summed E-state index contributed by atoms with van der Waals surface area (Å²) in [6, 6.07) is 0. The maximum absolute atomic E-state index is 11.2. The van der Waals surface area contributed by atoms with Crippen LogP contribution in [0.5, 0.6) is 0 Å². The molecule has 0 unspecified atom stereocenters. The summed E-state index contributed by atoms with van der Waals surface area (Å²) in [7, 11) is -3.34. The van der Waals surface area contributed by atoms with Crippen LogP contribution in [0.25, 0.3) is 0 Å². The molecule has 0 saturated carbocycles. The average molecular weight is 434 g/mol. The molecule has 0 aromatic carbocycles. The predicted molar refractivity (Wildman–Crippen MR) is 127 cm³/mol. The summed E-state index contributed by atoms with van der Waals surface area (Å²) in [5.74, 6) is 0.105. The molecular weight excluding hydrogens is 382 g/mol. The van der Waals surface area contributed by atoms with Gasteiger partial charge in [0.1, 0.15) is 0 Å². The SMILES string of the molecule is CCCC(CC)(CC)CCCCOCCCCC(CC)(CC)CCCS(N)(=O)=O. The lowest BCUT2D eigenvalue weighted by molar-refractivity contribution is 0.114. The Morgan fingerprint density at radius 3 is 1.45 bits per heavy atom. The molecule has 0 amide bonds. The Labute approximate surface area is 182 Å². The zero-order valence-electron chi connectivity index (χ0n) is 20.2. The summed E-state index contributed by atoms with van der Waals surface area (Å²) < 4.78 is 28.3. The minimum absolute atomic E-state index is 0.105. The van der Waals surface area contributed by atoms with Gasteiger partial charge in [-0.15, -0.1) is 0 Å². The largest absolute Gasteiger partial charge is 0.381 e. The van der Waals surface area contributed by atoms with E-state index >= 15 is 0 Å². The lowest BCUT2D eigenvalue weighted by atomic mass is 9.74. The number of ether oxygens (including phenoxy) is 1. The van der Waals surface area contributed by atoms with E-state index in [9.17, 15) is 8.42 Å². The van der Waals surface area contributed by atoms with Crippen molar-refractivity contribution >= 4 is 10.0 Å². The first-order valence-electron chi connectivity index (χ1n) is 12.3. The molecule has 0 aliphatic carbocycles. The third-order valence-electron chi connectivity index (χ3n) is 7.41. The second-order valence-corrected chi connectivity index (χ2v) is 10.9. The normalized spacial score (nSPS) is 13.2. The van der Waals surface area contributed by atoms with E-state index in [1.807, 2.05) is 0 Å². The number of primary sulfonamides is 1. The molecule has 0 saturated heterocycles. The van der Waals surface area contributed by atoms with E-state index < -0.39 is 10.0 Å². The maximum atomic E-state index is 11.2. The molecule has 29 heavy (non-hydrogen) atoms. The van der Waals surface area contributed by atoms with Crippen molar-refractivity contribution in [1.82, 2.24) is 0 Å². The van der Waals surface area contributed by atoms with Crippen LogP contribution in [0.15, 0.2) is 0 Å². The molecule has 4 nitrogen and oxygen atoms in total. The highest BCUT2D eigenvalue weighted by Crippen LogP contribution is 2.38. The summed E-state index contributed by atoms with van der Waals surface area (Å²) in [4.78, 5) is 0. The number of nitrogens with two attached hydrogens (primary N) is 1. The first kappa shape index (κ1) is 28.9. The third-order valence-corrected chi connectivity index (χ3v) is 8.27. The third kappa shape index (κ3) is 13.0. The highest BCUT2D eigenvalue weighted by Gasteiger charge is 2.26. The zero-order chi connectivity index (χ0) is 22.2.